The fraction of sp³-hybridized carbons (Fsp3) is 0.211. The molecule has 2 aromatic heterocycles. The van der Waals surface area contributed by atoms with Gasteiger partial charge in [0.1, 0.15) is 9.71 Å². The topological polar surface area (TPSA) is 48.2 Å². The highest BCUT2D eigenvalue weighted by Gasteiger charge is 2.25. The van der Waals surface area contributed by atoms with Gasteiger partial charge in [-0.1, -0.05) is 30.3 Å². The molecule has 128 valence electrons. The van der Waals surface area contributed by atoms with E-state index in [1.54, 1.807) is 6.20 Å². The molecule has 0 atom stereocenters. The van der Waals surface area contributed by atoms with E-state index in [0.717, 1.165) is 21.6 Å². The Morgan fingerprint density at radius 2 is 1.92 bits per heavy atom. The van der Waals surface area contributed by atoms with Crippen LogP contribution in [0.2, 0.25) is 0 Å². The third-order valence-electron chi connectivity index (χ3n) is 3.76. The minimum Gasteiger partial charge on any atom is -0.377 e. The lowest BCUT2D eigenvalue weighted by atomic mass is 10.1. The van der Waals surface area contributed by atoms with E-state index in [0.29, 0.717) is 10.4 Å². The number of nitrogens with zero attached hydrogens (tertiary/aromatic N) is 3. The molecule has 1 N–H and O–H groups in total. The third-order valence-corrected chi connectivity index (χ3v) is 4.86. The van der Waals surface area contributed by atoms with Crippen molar-refractivity contribution in [3.63, 3.8) is 0 Å². The quantitative estimate of drug-likeness (QED) is 0.331. The van der Waals surface area contributed by atoms with Crippen molar-refractivity contribution in [1.29, 1.82) is 0 Å². The van der Waals surface area contributed by atoms with Gasteiger partial charge in [-0.05, 0) is 6.07 Å². The number of rotatable bonds is 5. The zero-order valence-electron chi connectivity index (χ0n) is 14.8. The third kappa shape index (κ3) is 3.39. The second-order valence-electron chi connectivity index (χ2n) is 6.14. The molecular weight excluding hydrogens is 332 g/mol. The van der Waals surface area contributed by atoms with Crippen LogP contribution in [-0.2, 0) is 0 Å². The standard InChI is InChI=1S/C19H20N4OS/c1-22(2)12-21-16-15-14(23(3)4)10-11-20-19(15)25-18(16)17(24)13-8-6-5-7-9-13/h5-12H,1-4H3/p+1. The molecule has 0 fully saturated rings. The zero-order chi connectivity index (χ0) is 18.0. The largest absolute Gasteiger partial charge is 0.377 e. The first kappa shape index (κ1) is 17.1. The van der Waals surface area contributed by atoms with Crippen molar-refractivity contribution in [1.82, 2.24) is 4.98 Å². The van der Waals surface area contributed by atoms with E-state index in [1.165, 1.54) is 11.3 Å². The summed E-state index contributed by atoms with van der Waals surface area (Å²) >= 11 is 1.42. The summed E-state index contributed by atoms with van der Waals surface area (Å²) in [6.07, 6.45) is 3.63. The van der Waals surface area contributed by atoms with E-state index in [9.17, 15) is 4.79 Å². The fourth-order valence-corrected chi connectivity index (χ4v) is 3.68. The first-order valence-corrected chi connectivity index (χ1v) is 8.75. The summed E-state index contributed by atoms with van der Waals surface area (Å²) in [6, 6.07) is 11.3. The molecule has 0 aliphatic rings. The Kier molecular flexibility index (Phi) is 4.81. The number of aromatic nitrogens is 1. The number of fused-ring (bicyclic) bond motifs is 1. The van der Waals surface area contributed by atoms with E-state index in [2.05, 4.69) is 10.3 Å². The second-order valence-corrected chi connectivity index (χ2v) is 7.14. The summed E-state index contributed by atoms with van der Waals surface area (Å²) in [6.45, 7) is 0. The monoisotopic (exact) mass is 353 g/mol. The van der Waals surface area contributed by atoms with Crippen LogP contribution in [0.5, 0.6) is 0 Å². The average molecular weight is 353 g/mol. The Morgan fingerprint density at radius 1 is 1.20 bits per heavy atom. The molecule has 5 nitrogen and oxygen atoms in total. The molecule has 0 saturated heterocycles. The van der Waals surface area contributed by atoms with Gasteiger partial charge in [0, 0.05) is 25.9 Å². The lowest BCUT2D eigenvalue weighted by molar-refractivity contribution is -0.459. The Morgan fingerprint density at radius 3 is 2.56 bits per heavy atom. The summed E-state index contributed by atoms with van der Waals surface area (Å²) in [5, 5.41) is 4.27. The fourth-order valence-electron chi connectivity index (χ4n) is 2.59. The van der Waals surface area contributed by atoms with Gasteiger partial charge in [-0.2, -0.15) is 0 Å². The van der Waals surface area contributed by atoms with Gasteiger partial charge in [0.2, 0.25) is 12.1 Å². The zero-order valence-corrected chi connectivity index (χ0v) is 15.6. The predicted octanol–water partition coefficient (Wildman–Crippen LogP) is 3.31. The van der Waals surface area contributed by atoms with Gasteiger partial charge >= 0.3 is 0 Å². The smallest absolute Gasteiger partial charge is 0.236 e. The molecule has 0 aliphatic heterocycles. The van der Waals surface area contributed by atoms with E-state index < -0.39 is 0 Å². The maximum atomic E-state index is 13.1. The Labute approximate surface area is 151 Å². The van der Waals surface area contributed by atoms with Crippen molar-refractivity contribution in [3.8, 4) is 0 Å². The SMILES string of the molecule is CN(C)c1ccnc2sc(C(=O)c3ccccc3)c(NC=[N+](C)C)c12. The van der Waals surface area contributed by atoms with Crippen molar-refractivity contribution >= 4 is 45.0 Å². The van der Waals surface area contributed by atoms with Crippen molar-refractivity contribution < 1.29 is 9.37 Å². The highest BCUT2D eigenvalue weighted by atomic mass is 32.1. The molecule has 0 amide bonds. The van der Waals surface area contributed by atoms with Gasteiger partial charge in [-0.25, -0.2) is 10.3 Å². The highest BCUT2D eigenvalue weighted by Crippen LogP contribution is 2.40. The number of ketones is 1. The predicted molar refractivity (Wildman–Crippen MR) is 106 cm³/mol. The summed E-state index contributed by atoms with van der Waals surface area (Å²) in [5.41, 5.74) is 2.51. The van der Waals surface area contributed by atoms with Crippen molar-refractivity contribution in [2.24, 2.45) is 0 Å². The maximum Gasteiger partial charge on any atom is 0.236 e. The molecule has 6 heteroatoms. The molecule has 0 radical (unpaired) electrons. The number of pyridine rings is 1. The van der Waals surface area contributed by atoms with Crippen LogP contribution < -0.4 is 10.2 Å². The summed E-state index contributed by atoms with van der Waals surface area (Å²) in [4.78, 5) is 21.1. The number of carbonyl (C=O) groups is 1. The number of carbonyl (C=O) groups excluding carboxylic acids is 1. The summed E-state index contributed by atoms with van der Waals surface area (Å²) in [7, 11) is 7.85. The normalized spacial score (nSPS) is 10.6. The second kappa shape index (κ2) is 7.03. The molecule has 0 bridgehead atoms. The Bertz CT molecular complexity index is 941. The number of hydrogen-bond donors (Lipinski definition) is 1. The van der Waals surface area contributed by atoms with E-state index in [4.69, 9.17) is 0 Å². The molecule has 0 aliphatic carbocycles. The highest BCUT2D eigenvalue weighted by molar-refractivity contribution is 7.21. The van der Waals surface area contributed by atoms with Gasteiger partial charge in [0.05, 0.1) is 25.2 Å². The van der Waals surface area contributed by atoms with Crippen molar-refractivity contribution in [2.75, 3.05) is 38.4 Å². The Balaban J connectivity index is 2.24. The molecule has 1 aromatic carbocycles. The lowest BCUT2D eigenvalue weighted by Crippen LogP contribution is -2.12. The van der Waals surface area contributed by atoms with Crippen molar-refractivity contribution in [3.05, 3.63) is 53.0 Å². The van der Waals surface area contributed by atoms with Crippen LogP contribution in [-0.4, -0.2) is 49.9 Å². The van der Waals surface area contributed by atoms with Crippen LogP contribution in [0.15, 0.2) is 42.6 Å². The first-order valence-electron chi connectivity index (χ1n) is 7.94. The molecule has 3 rings (SSSR count). The number of anilines is 2. The molecule has 3 aromatic rings. The molecule has 0 spiro atoms. The summed E-state index contributed by atoms with van der Waals surface area (Å²) < 4.78 is 1.91. The Hall–Kier alpha value is -2.73. The summed E-state index contributed by atoms with van der Waals surface area (Å²) in [5.74, 6) is 0.00274. The maximum absolute atomic E-state index is 13.1. The van der Waals surface area contributed by atoms with Gasteiger partial charge in [-0.15, -0.1) is 11.3 Å². The van der Waals surface area contributed by atoms with E-state index >= 15 is 0 Å². The van der Waals surface area contributed by atoms with Crippen LogP contribution >= 0.6 is 11.3 Å². The first-order chi connectivity index (χ1) is 12.0. The number of thiophene rings is 1. The number of hydrogen-bond acceptors (Lipinski definition) is 4. The molecular formula is C19H21N4OS+. The van der Waals surface area contributed by atoms with E-state index in [1.807, 2.05) is 80.4 Å². The van der Waals surface area contributed by atoms with Crippen LogP contribution in [0, 0.1) is 0 Å². The van der Waals surface area contributed by atoms with E-state index in [-0.39, 0.29) is 5.78 Å². The van der Waals surface area contributed by atoms with Gasteiger partial charge in [0.25, 0.3) is 0 Å². The van der Waals surface area contributed by atoms with Crippen LogP contribution in [0.3, 0.4) is 0 Å². The minimum absolute atomic E-state index is 0.00274. The molecule has 2 heterocycles. The van der Waals surface area contributed by atoms with Gasteiger partial charge in [0.15, 0.2) is 5.69 Å². The molecule has 25 heavy (non-hydrogen) atoms. The van der Waals surface area contributed by atoms with Crippen LogP contribution in [0.4, 0.5) is 11.4 Å². The van der Waals surface area contributed by atoms with Crippen molar-refractivity contribution in [2.45, 2.75) is 0 Å². The van der Waals surface area contributed by atoms with Crippen LogP contribution in [0.25, 0.3) is 10.2 Å². The molecule has 0 unspecified atom stereocenters. The minimum atomic E-state index is 0.00274. The number of nitrogens with one attached hydrogen (secondary N) is 1. The molecule has 0 saturated carbocycles. The average Bonchev–Trinajstić information content (AvgIpc) is 2.98. The van der Waals surface area contributed by atoms with Gasteiger partial charge < -0.3 is 4.90 Å². The van der Waals surface area contributed by atoms with Gasteiger partial charge in [-0.3, -0.25) is 9.37 Å². The number of benzene rings is 1. The lowest BCUT2D eigenvalue weighted by Gasteiger charge is -2.13. The van der Waals surface area contributed by atoms with Crippen LogP contribution in [0.1, 0.15) is 15.2 Å².